The molecule has 3 rings (SSSR count). The van der Waals surface area contributed by atoms with E-state index in [2.05, 4.69) is 35.7 Å². The third-order valence-corrected chi connectivity index (χ3v) is 8.34. The van der Waals surface area contributed by atoms with Gasteiger partial charge in [-0.2, -0.15) is 0 Å². The Hall–Kier alpha value is -1.95. The van der Waals surface area contributed by atoms with Crippen LogP contribution in [0, 0.1) is 11.3 Å². The van der Waals surface area contributed by atoms with Crippen molar-refractivity contribution in [3.8, 4) is 23.0 Å². The molecule has 2 aromatic heterocycles. The Bertz CT molecular complexity index is 840. The monoisotopic (exact) mass is 497 g/mol. The molecule has 2 aromatic rings. The van der Waals surface area contributed by atoms with E-state index in [1.807, 2.05) is 12.1 Å². The van der Waals surface area contributed by atoms with E-state index in [1.165, 1.54) is 83.1 Å². The minimum absolute atomic E-state index is 0.469. The summed E-state index contributed by atoms with van der Waals surface area (Å²) in [7, 11) is -0.658. The Labute approximate surface area is 215 Å². The van der Waals surface area contributed by atoms with Gasteiger partial charge in [-0.1, -0.05) is 85.0 Å². The lowest BCUT2D eigenvalue weighted by Gasteiger charge is -2.24. The zero-order valence-corrected chi connectivity index (χ0v) is 23.9. The molecule has 0 bridgehead atoms. The number of aromatic nitrogens is 3. The van der Waals surface area contributed by atoms with Crippen molar-refractivity contribution in [1.29, 1.82) is 0 Å². The van der Waals surface area contributed by atoms with Gasteiger partial charge in [0.2, 0.25) is 21.5 Å². The number of ether oxygens (including phenoxy) is 1. The van der Waals surface area contributed by atoms with Gasteiger partial charge in [-0.15, -0.1) is 0 Å². The van der Waals surface area contributed by atoms with E-state index in [0.717, 1.165) is 23.6 Å². The number of unbranched alkanes of at least 4 members (excludes halogenated alkanes) is 5. The van der Waals surface area contributed by atoms with Crippen molar-refractivity contribution in [2.75, 3.05) is 6.61 Å². The molecule has 0 aliphatic heterocycles. The number of hydrogen-bond acceptors (Lipinski definition) is 5. The standard InChI is InChI=1S/C29H47N3O2Si/c1-4-5-17-29(2,3)18-9-11-21-35-34-28-25(14-12-19-30-28)26-22-32-27(23-31-26)33-20-10-7-6-8-13-24-15-16-24/h12,14,19,22-24H,4-11,13,15-18,20-21,35H2,1-3H3. The second-order valence-electron chi connectivity index (χ2n) is 11.0. The van der Waals surface area contributed by atoms with Crippen LogP contribution in [-0.2, 0) is 0 Å². The average Bonchev–Trinajstić information content (AvgIpc) is 3.69. The third-order valence-electron chi connectivity index (χ3n) is 7.07. The van der Waals surface area contributed by atoms with Crippen molar-refractivity contribution < 1.29 is 9.16 Å². The fourth-order valence-electron chi connectivity index (χ4n) is 4.53. The first kappa shape index (κ1) is 27.6. The smallest absolute Gasteiger partial charge is 0.232 e. The third kappa shape index (κ3) is 11.1. The number of rotatable bonds is 19. The summed E-state index contributed by atoms with van der Waals surface area (Å²) in [5.41, 5.74) is 2.17. The maximum Gasteiger partial charge on any atom is 0.232 e. The molecular weight excluding hydrogens is 450 g/mol. The van der Waals surface area contributed by atoms with Crippen LogP contribution in [0.25, 0.3) is 11.3 Å². The summed E-state index contributed by atoms with van der Waals surface area (Å²) in [4.78, 5) is 13.5. The van der Waals surface area contributed by atoms with Gasteiger partial charge in [0, 0.05) is 6.20 Å². The summed E-state index contributed by atoms with van der Waals surface area (Å²) in [6.45, 7) is 7.80. The van der Waals surface area contributed by atoms with Gasteiger partial charge in [0.05, 0.1) is 30.3 Å². The lowest BCUT2D eigenvalue weighted by atomic mass is 9.82. The van der Waals surface area contributed by atoms with Gasteiger partial charge in [-0.05, 0) is 48.8 Å². The Morgan fingerprint density at radius 3 is 2.54 bits per heavy atom. The normalized spacial score (nSPS) is 14.0. The molecular formula is C29H47N3O2Si. The van der Waals surface area contributed by atoms with Crippen LogP contribution >= 0.6 is 0 Å². The molecule has 1 aliphatic rings. The molecule has 194 valence electrons. The number of nitrogens with zero attached hydrogens (tertiary/aromatic N) is 3. The predicted molar refractivity (Wildman–Crippen MR) is 148 cm³/mol. The van der Waals surface area contributed by atoms with Crippen LogP contribution in [-0.4, -0.2) is 31.3 Å². The molecule has 5 nitrogen and oxygen atoms in total. The minimum atomic E-state index is -0.658. The molecule has 0 aromatic carbocycles. The zero-order valence-electron chi connectivity index (χ0n) is 22.4. The average molecular weight is 498 g/mol. The summed E-state index contributed by atoms with van der Waals surface area (Å²) in [5.74, 6) is 2.33. The molecule has 1 aliphatic carbocycles. The van der Waals surface area contributed by atoms with Gasteiger partial charge >= 0.3 is 0 Å². The fourth-order valence-corrected chi connectivity index (χ4v) is 5.66. The van der Waals surface area contributed by atoms with Crippen molar-refractivity contribution in [2.45, 2.75) is 110 Å². The Morgan fingerprint density at radius 2 is 1.77 bits per heavy atom. The van der Waals surface area contributed by atoms with E-state index in [9.17, 15) is 0 Å². The highest BCUT2D eigenvalue weighted by atomic mass is 28.2. The molecule has 2 heterocycles. The molecule has 0 atom stereocenters. The highest BCUT2D eigenvalue weighted by Crippen LogP contribution is 2.34. The molecule has 6 heteroatoms. The van der Waals surface area contributed by atoms with Crippen LogP contribution in [0.1, 0.15) is 104 Å². The largest absolute Gasteiger partial charge is 0.536 e. The molecule has 0 radical (unpaired) electrons. The van der Waals surface area contributed by atoms with E-state index >= 15 is 0 Å². The van der Waals surface area contributed by atoms with Gasteiger partial charge in [-0.25, -0.2) is 15.0 Å². The SMILES string of the molecule is CCCCC(C)(C)CCCC[SiH2]Oc1ncccc1-c1cnc(OCCCCCCC2CC2)cn1. The highest BCUT2D eigenvalue weighted by molar-refractivity contribution is 6.28. The Morgan fingerprint density at radius 1 is 0.943 bits per heavy atom. The van der Waals surface area contributed by atoms with Gasteiger partial charge in [0.25, 0.3) is 0 Å². The first-order chi connectivity index (χ1) is 17.1. The van der Waals surface area contributed by atoms with Gasteiger partial charge < -0.3 is 9.16 Å². The van der Waals surface area contributed by atoms with Gasteiger partial charge in [0.1, 0.15) is 0 Å². The molecule has 1 fully saturated rings. The van der Waals surface area contributed by atoms with Crippen molar-refractivity contribution in [3.05, 3.63) is 30.7 Å². The molecule has 0 amide bonds. The zero-order chi connectivity index (χ0) is 24.8. The lowest BCUT2D eigenvalue weighted by molar-refractivity contribution is 0.288. The molecule has 0 spiro atoms. The second kappa shape index (κ2) is 15.2. The topological polar surface area (TPSA) is 57.1 Å². The van der Waals surface area contributed by atoms with Crippen LogP contribution < -0.4 is 9.16 Å². The first-order valence-electron chi connectivity index (χ1n) is 14.1. The summed E-state index contributed by atoms with van der Waals surface area (Å²) in [5, 5.41) is 0. The number of pyridine rings is 1. The predicted octanol–water partition coefficient (Wildman–Crippen LogP) is 7.55. The van der Waals surface area contributed by atoms with E-state index in [-0.39, 0.29) is 0 Å². The molecule has 35 heavy (non-hydrogen) atoms. The lowest BCUT2D eigenvalue weighted by Crippen LogP contribution is -2.11. The van der Waals surface area contributed by atoms with Crippen molar-refractivity contribution in [2.24, 2.45) is 11.3 Å². The molecule has 0 saturated heterocycles. The van der Waals surface area contributed by atoms with E-state index in [4.69, 9.17) is 9.16 Å². The summed E-state index contributed by atoms with van der Waals surface area (Å²) in [6, 6.07) is 5.12. The summed E-state index contributed by atoms with van der Waals surface area (Å²) >= 11 is 0. The van der Waals surface area contributed by atoms with Crippen LogP contribution in [0.4, 0.5) is 0 Å². The fraction of sp³-hybridized carbons (Fsp3) is 0.690. The van der Waals surface area contributed by atoms with Crippen LogP contribution in [0.2, 0.25) is 6.04 Å². The maximum absolute atomic E-state index is 6.18. The molecule has 0 N–H and O–H groups in total. The summed E-state index contributed by atoms with van der Waals surface area (Å²) in [6.07, 6.45) is 22.4. The van der Waals surface area contributed by atoms with Gasteiger partial charge in [0.15, 0.2) is 0 Å². The van der Waals surface area contributed by atoms with Crippen LogP contribution in [0.3, 0.4) is 0 Å². The number of hydrogen-bond donors (Lipinski definition) is 0. The van der Waals surface area contributed by atoms with Gasteiger partial charge in [-0.3, -0.25) is 0 Å². The minimum Gasteiger partial charge on any atom is -0.536 e. The maximum atomic E-state index is 6.18. The van der Waals surface area contributed by atoms with Crippen LogP contribution in [0.5, 0.6) is 11.8 Å². The van der Waals surface area contributed by atoms with E-state index in [0.29, 0.717) is 23.8 Å². The summed E-state index contributed by atoms with van der Waals surface area (Å²) < 4.78 is 12.0. The van der Waals surface area contributed by atoms with E-state index < -0.39 is 9.76 Å². The van der Waals surface area contributed by atoms with Crippen LogP contribution in [0.15, 0.2) is 30.7 Å². The quantitative estimate of drug-likeness (QED) is 0.148. The second-order valence-corrected chi connectivity index (χ2v) is 12.4. The van der Waals surface area contributed by atoms with E-state index in [1.54, 1.807) is 18.6 Å². The van der Waals surface area contributed by atoms with Crippen molar-refractivity contribution in [1.82, 2.24) is 15.0 Å². The Balaban J connectivity index is 1.35. The molecule has 1 saturated carbocycles. The Kier molecular flexibility index (Phi) is 12.0. The molecule has 0 unspecified atom stereocenters. The first-order valence-corrected chi connectivity index (χ1v) is 15.7. The van der Waals surface area contributed by atoms with Crippen molar-refractivity contribution >= 4 is 9.76 Å². The highest BCUT2D eigenvalue weighted by Gasteiger charge is 2.20. The van der Waals surface area contributed by atoms with Crippen molar-refractivity contribution in [3.63, 3.8) is 0 Å².